The van der Waals surface area contributed by atoms with Gasteiger partial charge in [0.05, 0.1) is 18.8 Å². The molecular formula is C33H36FNO5. The molecular weight excluding hydrogens is 509 g/mol. The number of ether oxygens (including phenoxy) is 1. The van der Waals surface area contributed by atoms with Crippen molar-refractivity contribution in [3.63, 3.8) is 0 Å². The minimum atomic E-state index is -0.797. The van der Waals surface area contributed by atoms with Crippen molar-refractivity contribution in [2.45, 2.75) is 57.5 Å². The highest BCUT2D eigenvalue weighted by atomic mass is 19.1. The van der Waals surface area contributed by atoms with Gasteiger partial charge in [-0.15, -0.1) is 0 Å². The van der Waals surface area contributed by atoms with Crippen molar-refractivity contribution in [3.8, 4) is 11.1 Å². The monoisotopic (exact) mass is 545 g/mol. The molecule has 1 saturated carbocycles. The average Bonchev–Trinajstić information content (AvgIpc) is 3.27. The number of carboxylic acids is 1. The van der Waals surface area contributed by atoms with Gasteiger partial charge < -0.3 is 19.8 Å². The molecule has 2 N–H and O–H groups in total. The molecule has 1 aliphatic rings. The van der Waals surface area contributed by atoms with Gasteiger partial charge in [-0.25, -0.2) is 4.39 Å². The van der Waals surface area contributed by atoms with Crippen LogP contribution in [0.15, 0.2) is 96.2 Å². The molecule has 0 aliphatic heterocycles. The quantitative estimate of drug-likeness (QED) is 0.101. The van der Waals surface area contributed by atoms with E-state index >= 15 is 0 Å². The van der Waals surface area contributed by atoms with Crippen LogP contribution >= 0.6 is 0 Å². The van der Waals surface area contributed by atoms with Gasteiger partial charge in [0.25, 0.3) is 0 Å². The summed E-state index contributed by atoms with van der Waals surface area (Å²) in [5.41, 5.74) is 4.15. The van der Waals surface area contributed by atoms with Gasteiger partial charge in [-0.3, -0.25) is 4.79 Å². The van der Waals surface area contributed by atoms with Crippen molar-refractivity contribution in [2.24, 2.45) is 17.0 Å². The van der Waals surface area contributed by atoms with Crippen molar-refractivity contribution < 1.29 is 29.0 Å². The Labute approximate surface area is 234 Å². The summed E-state index contributed by atoms with van der Waals surface area (Å²) in [4.78, 5) is 16.2. The first kappa shape index (κ1) is 29.2. The SMILES string of the molecule is O=C(O)CCC/C=C\C[C@@H]1[C@@H](C=NOCc2ccc(F)cc2)[C@H](O)C[C@@H]1OCc1ccc(-c2ccccc2)cc1. The Morgan fingerprint density at radius 1 is 0.925 bits per heavy atom. The number of hydrogen-bond acceptors (Lipinski definition) is 5. The number of carbonyl (C=O) groups is 1. The molecule has 0 saturated heterocycles. The van der Waals surface area contributed by atoms with E-state index in [0.717, 1.165) is 22.3 Å². The number of nitrogens with zero attached hydrogens (tertiary/aromatic N) is 1. The third-order valence-electron chi connectivity index (χ3n) is 7.20. The molecule has 0 aromatic heterocycles. The normalized spacial score (nSPS) is 20.9. The van der Waals surface area contributed by atoms with E-state index in [1.807, 2.05) is 30.4 Å². The molecule has 1 fully saturated rings. The van der Waals surface area contributed by atoms with Gasteiger partial charge >= 0.3 is 5.97 Å². The highest BCUT2D eigenvalue weighted by molar-refractivity contribution is 5.66. The second-order valence-corrected chi connectivity index (χ2v) is 10.1. The molecule has 0 unspecified atom stereocenters. The van der Waals surface area contributed by atoms with Crippen LogP contribution in [0.25, 0.3) is 11.1 Å². The fourth-order valence-electron chi connectivity index (χ4n) is 4.99. The number of rotatable bonds is 14. The topological polar surface area (TPSA) is 88.4 Å². The van der Waals surface area contributed by atoms with Crippen molar-refractivity contribution in [1.29, 1.82) is 0 Å². The minimum Gasteiger partial charge on any atom is -0.481 e. The molecule has 1 aliphatic carbocycles. The van der Waals surface area contributed by atoms with Crippen LogP contribution in [0.3, 0.4) is 0 Å². The van der Waals surface area contributed by atoms with Crippen molar-refractivity contribution >= 4 is 12.2 Å². The molecule has 0 spiro atoms. The summed E-state index contributed by atoms with van der Waals surface area (Å²) < 4.78 is 19.5. The van der Waals surface area contributed by atoms with Crippen molar-refractivity contribution in [1.82, 2.24) is 0 Å². The number of halogens is 1. The van der Waals surface area contributed by atoms with Crippen LogP contribution in [0.1, 0.15) is 43.2 Å². The van der Waals surface area contributed by atoms with Crippen LogP contribution in [0.2, 0.25) is 0 Å². The molecule has 0 radical (unpaired) electrons. The van der Waals surface area contributed by atoms with E-state index in [1.54, 1.807) is 18.3 Å². The van der Waals surface area contributed by atoms with Gasteiger partial charge in [-0.1, -0.05) is 84.0 Å². The van der Waals surface area contributed by atoms with E-state index in [9.17, 15) is 14.3 Å². The fourth-order valence-corrected chi connectivity index (χ4v) is 4.99. The maximum atomic E-state index is 13.1. The zero-order valence-electron chi connectivity index (χ0n) is 22.4. The van der Waals surface area contributed by atoms with Gasteiger partial charge in [0.15, 0.2) is 0 Å². The van der Waals surface area contributed by atoms with Crippen LogP contribution in [0, 0.1) is 17.7 Å². The first-order chi connectivity index (χ1) is 19.5. The van der Waals surface area contributed by atoms with Crippen LogP contribution in [0.4, 0.5) is 4.39 Å². The lowest BCUT2D eigenvalue weighted by molar-refractivity contribution is -0.137. The van der Waals surface area contributed by atoms with Gasteiger partial charge in [0.1, 0.15) is 12.4 Å². The van der Waals surface area contributed by atoms with E-state index in [2.05, 4.69) is 41.6 Å². The van der Waals surface area contributed by atoms with Crippen LogP contribution in [-0.4, -0.2) is 34.6 Å². The third kappa shape index (κ3) is 8.86. The Hall–Kier alpha value is -3.81. The van der Waals surface area contributed by atoms with Crippen molar-refractivity contribution in [2.75, 3.05) is 0 Å². The van der Waals surface area contributed by atoms with Gasteiger partial charge in [-0.2, -0.15) is 0 Å². The molecule has 210 valence electrons. The number of unbranched alkanes of at least 4 members (excludes halogenated alkanes) is 1. The molecule has 0 amide bonds. The largest absolute Gasteiger partial charge is 0.481 e. The number of benzene rings is 3. The highest BCUT2D eigenvalue weighted by Gasteiger charge is 2.42. The lowest BCUT2D eigenvalue weighted by Crippen LogP contribution is -2.24. The fraction of sp³-hybridized carbons (Fsp3) is 0.333. The van der Waals surface area contributed by atoms with Crippen LogP contribution < -0.4 is 0 Å². The number of carboxylic acid groups (broad SMARTS) is 1. The van der Waals surface area contributed by atoms with E-state index in [0.29, 0.717) is 32.3 Å². The molecule has 6 nitrogen and oxygen atoms in total. The molecule has 4 atom stereocenters. The molecule has 7 heteroatoms. The van der Waals surface area contributed by atoms with Gasteiger partial charge in [0, 0.05) is 25.0 Å². The standard InChI is InChI=1S/C33H36FNO5/c34-28-18-14-25(15-19-28)23-40-35-21-30-29(10-6-1-2-7-11-33(37)38)32(20-31(30)36)39-22-24-12-16-27(17-13-24)26-8-4-3-5-9-26/h1,3-6,8-9,12-19,21,29-32,36H,2,7,10-11,20,22-23H2,(H,37,38)/b6-1-,35-21?/t29-,30-,31-,32+/m1/s1. The summed E-state index contributed by atoms with van der Waals surface area (Å²) in [6, 6.07) is 24.5. The Bertz CT molecular complexity index is 1240. The predicted octanol–water partition coefficient (Wildman–Crippen LogP) is 6.78. The molecule has 3 aromatic rings. The lowest BCUT2D eigenvalue weighted by Gasteiger charge is -2.22. The Kier molecular flexibility index (Phi) is 11.0. The summed E-state index contributed by atoms with van der Waals surface area (Å²) >= 11 is 0. The molecule has 0 heterocycles. The molecule has 40 heavy (non-hydrogen) atoms. The number of oxime groups is 1. The second kappa shape index (κ2) is 15.1. The molecule has 0 bridgehead atoms. The van der Waals surface area contributed by atoms with Gasteiger partial charge in [0.2, 0.25) is 0 Å². The summed E-state index contributed by atoms with van der Waals surface area (Å²) in [6.07, 6.45) is 7.42. The number of aliphatic hydroxyl groups excluding tert-OH is 1. The molecule has 4 rings (SSSR count). The smallest absolute Gasteiger partial charge is 0.303 e. The third-order valence-corrected chi connectivity index (χ3v) is 7.20. The van der Waals surface area contributed by atoms with E-state index < -0.39 is 12.1 Å². The Balaban J connectivity index is 1.36. The summed E-state index contributed by atoms with van der Waals surface area (Å²) in [5, 5.41) is 23.8. The zero-order chi connectivity index (χ0) is 28.2. The second-order valence-electron chi connectivity index (χ2n) is 10.1. The number of allylic oxidation sites excluding steroid dienone is 2. The van der Waals surface area contributed by atoms with E-state index in [-0.39, 0.29) is 36.8 Å². The number of aliphatic carboxylic acids is 1. The van der Waals surface area contributed by atoms with Crippen LogP contribution in [0.5, 0.6) is 0 Å². The van der Waals surface area contributed by atoms with Gasteiger partial charge in [-0.05, 0) is 59.6 Å². The highest BCUT2D eigenvalue weighted by Crippen LogP contribution is 2.37. The van der Waals surface area contributed by atoms with E-state index in [1.165, 1.54) is 12.1 Å². The number of hydrogen-bond donors (Lipinski definition) is 2. The maximum Gasteiger partial charge on any atom is 0.303 e. The average molecular weight is 546 g/mol. The lowest BCUT2D eigenvalue weighted by atomic mass is 9.91. The minimum absolute atomic E-state index is 0.0208. The summed E-state index contributed by atoms with van der Waals surface area (Å²) in [6.45, 7) is 0.628. The summed E-state index contributed by atoms with van der Waals surface area (Å²) in [7, 11) is 0. The number of aliphatic hydroxyl groups is 1. The Morgan fingerprint density at radius 2 is 1.60 bits per heavy atom. The zero-order valence-corrected chi connectivity index (χ0v) is 22.4. The van der Waals surface area contributed by atoms with Crippen molar-refractivity contribution in [3.05, 3.63) is 108 Å². The first-order valence-corrected chi connectivity index (χ1v) is 13.7. The molecule has 3 aromatic carbocycles. The van der Waals surface area contributed by atoms with Crippen LogP contribution in [-0.2, 0) is 27.6 Å². The first-order valence-electron chi connectivity index (χ1n) is 13.7. The Morgan fingerprint density at radius 3 is 2.33 bits per heavy atom. The maximum absolute atomic E-state index is 13.1. The van der Waals surface area contributed by atoms with E-state index in [4.69, 9.17) is 14.7 Å². The summed E-state index contributed by atoms with van der Waals surface area (Å²) in [5.74, 6) is -1.39. The predicted molar refractivity (Wildman–Crippen MR) is 153 cm³/mol.